The first-order valence-corrected chi connectivity index (χ1v) is 6.69. The minimum Gasteiger partial charge on any atom is -0.397 e. The summed E-state index contributed by atoms with van der Waals surface area (Å²) < 4.78 is 0. The van der Waals surface area contributed by atoms with Gasteiger partial charge in [-0.15, -0.1) is 0 Å². The largest absolute Gasteiger partial charge is 0.397 e. The molecule has 20 heavy (non-hydrogen) atoms. The summed E-state index contributed by atoms with van der Waals surface area (Å²) in [5, 5.41) is 4.16. The third-order valence-corrected chi connectivity index (χ3v) is 3.40. The predicted molar refractivity (Wildman–Crippen MR) is 82.6 cm³/mol. The van der Waals surface area contributed by atoms with E-state index in [1.54, 1.807) is 18.1 Å². The topological polar surface area (TPSA) is 71.2 Å². The Hall–Kier alpha value is -2.30. The Labute approximate surface area is 118 Å². The van der Waals surface area contributed by atoms with E-state index in [2.05, 4.69) is 10.3 Å². The predicted octanol–water partition coefficient (Wildman–Crippen LogP) is 2.10. The van der Waals surface area contributed by atoms with Gasteiger partial charge in [-0.3, -0.25) is 9.78 Å². The number of para-hydroxylation sites is 1. The molecule has 1 heterocycles. The molecule has 1 aromatic carbocycles. The maximum Gasteiger partial charge on any atom is 0.244 e. The van der Waals surface area contributed by atoms with Crippen LogP contribution < -0.4 is 11.1 Å². The number of hydrogen-bond acceptors (Lipinski definition) is 4. The molecule has 5 nitrogen and oxygen atoms in total. The van der Waals surface area contributed by atoms with Crippen LogP contribution in [0.5, 0.6) is 0 Å². The molecule has 106 valence electrons. The first-order valence-electron chi connectivity index (χ1n) is 6.69. The lowest BCUT2D eigenvalue weighted by atomic mass is 10.1. The number of anilines is 2. The first kappa shape index (κ1) is 14.1. The summed E-state index contributed by atoms with van der Waals surface area (Å²) in [5.41, 5.74) is 8.17. The second kappa shape index (κ2) is 5.77. The highest BCUT2D eigenvalue weighted by Crippen LogP contribution is 2.25. The van der Waals surface area contributed by atoms with Crippen LogP contribution in [0.4, 0.5) is 11.4 Å². The van der Waals surface area contributed by atoms with Gasteiger partial charge in [0.25, 0.3) is 0 Å². The summed E-state index contributed by atoms with van der Waals surface area (Å²) in [6, 6.07) is 7.21. The molecule has 0 saturated carbocycles. The third kappa shape index (κ3) is 2.66. The van der Waals surface area contributed by atoms with E-state index in [9.17, 15) is 4.79 Å². The Bertz CT molecular complexity index is 626. The summed E-state index contributed by atoms with van der Waals surface area (Å²) in [6.45, 7) is 4.50. The average molecular weight is 272 g/mol. The van der Waals surface area contributed by atoms with Gasteiger partial charge in [0.2, 0.25) is 5.91 Å². The number of nitrogens with one attached hydrogen (secondary N) is 1. The smallest absolute Gasteiger partial charge is 0.244 e. The van der Waals surface area contributed by atoms with Crippen LogP contribution in [0.25, 0.3) is 10.9 Å². The van der Waals surface area contributed by atoms with Crippen molar-refractivity contribution < 1.29 is 4.79 Å². The molecule has 5 heteroatoms. The van der Waals surface area contributed by atoms with Crippen molar-refractivity contribution in [2.24, 2.45) is 0 Å². The Morgan fingerprint density at radius 1 is 1.45 bits per heavy atom. The number of carbonyl (C=O) groups is 1. The normalized spacial score (nSPS) is 12.2. The fourth-order valence-electron chi connectivity index (χ4n) is 2.11. The molecule has 0 radical (unpaired) electrons. The lowest BCUT2D eigenvalue weighted by molar-refractivity contribution is -0.130. The molecule has 0 aliphatic rings. The van der Waals surface area contributed by atoms with Gasteiger partial charge in [0.1, 0.15) is 6.04 Å². The van der Waals surface area contributed by atoms with Crippen molar-refractivity contribution in [2.75, 3.05) is 24.6 Å². The Balaban J connectivity index is 2.30. The van der Waals surface area contributed by atoms with Crippen molar-refractivity contribution in [3.05, 3.63) is 30.5 Å². The number of nitrogens with zero attached hydrogens (tertiary/aromatic N) is 2. The van der Waals surface area contributed by atoms with Gasteiger partial charge in [0.05, 0.1) is 11.2 Å². The standard InChI is InChI=1S/C15H20N4O/c1-4-19(3)15(20)10(2)18-13-8-9-17-14-11(13)6-5-7-12(14)16/h5-10H,4,16H2,1-3H3,(H,17,18). The van der Waals surface area contributed by atoms with E-state index in [-0.39, 0.29) is 11.9 Å². The minimum atomic E-state index is -0.299. The monoisotopic (exact) mass is 272 g/mol. The van der Waals surface area contributed by atoms with Crippen LogP contribution in [0.3, 0.4) is 0 Å². The van der Waals surface area contributed by atoms with E-state index in [0.29, 0.717) is 12.2 Å². The average Bonchev–Trinajstić information content (AvgIpc) is 2.46. The van der Waals surface area contributed by atoms with Crippen molar-refractivity contribution in [3.8, 4) is 0 Å². The number of pyridine rings is 1. The fraction of sp³-hybridized carbons (Fsp3) is 0.333. The SMILES string of the molecule is CCN(C)C(=O)C(C)Nc1ccnc2c(N)cccc12. The van der Waals surface area contributed by atoms with Crippen molar-refractivity contribution in [1.82, 2.24) is 9.88 Å². The van der Waals surface area contributed by atoms with Gasteiger partial charge < -0.3 is 16.0 Å². The molecule has 0 aliphatic heterocycles. The summed E-state index contributed by atoms with van der Waals surface area (Å²) in [7, 11) is 1.79. The first-order chi connectivity index (χ1) is 9.54. The molecular formula is C15H20N4O. The van der Waals surface area contributed by atoms with Crippen LogP contribution in [-0.2, 0) is 4.79 Å². The minimum absolute atomic E-state index is 0.0568. The highest BCUT2D eigenvalue weighted by atomic mass is 16.2. The van der Waals surface area contributed by atoms with Gasteiger partial charge in [-0.25, -0.2) is 0 Å². The van der Waals surface area contributed by atoms with Gasteiger partial charge in [-0.05, 0) is 26.0 Å². The molecule has 3 N–H and O–H groups in total. The van der Waals surface area contributed by atoms with Crippen molar-refractivity contribution in [3.63, 3.8) is 0 Å². The maximum absolute atomic E-state index is 12.1. The van der Waals surface area contributed by atoms with Gasteiger partial charge in [0, 0.05) is 30.9 Å². The highest BCUT2D eigenvalue weighted by Gasteiger charge is 2.17. The van der Waals surface area contributed by atoms with E-state index in [4.69, 9.17) is 5.73 Å². The molecule has 2 rings (SSSR count). The maximum atomic E-state index is 12.1. The highest BCUT2D eigenvalue weighted by molar-refractivity contribution is 5.98. The zero-order valence-corrected chi connectivity index (χ0v) is 12.1. The van der Waals surface area contributed by atoms with Crippen LogP contribution in [0.1, 0.15) is 13.8 Å². The number of amides is 1. The number of carbonyl (C=O) groups excluding carboxylic acids is 1. The lowest BCUT2D eigenvalue weighted by Gasteiger charge is -2.22. The Kier molecular flexibility index (Phi) is 4.08. The van der Waals surface area contributed by atoms with Gasteiger partial charge in [-0.2, -0.15) is 0 Å². The lowest BCUT2D eigenvalue weighted by Crippen LogP contribution is -2.38. The Morgan fingerprint density at radius 3 is 2.90 bits per heavy atom. The quantitative estimate of drug-likeness (QED) is 0.836. The Morgan fingerprint density at radius 2 is 2.20 bits per heavy atom. The number of benzene rings is 1. The molecule has 0 saturated heterocycles. The molecule has 0 aliphatic carbocycles. The summed E-state index contributed by atoms with van der Waals surface area (Å²) in [4.78, 5) is 18.1. The molecule has 0 fully saturated rings. The number of nitrogen functional groups attached to an aromatic ring is 1. The van der Waals surface area contributed by atoms with Crippen molar-refractivity contribution in [1.29, 1.82) is 0 Å². The van der Waals surface area contributed by atoms with Gasteiger partial charge in [-0.1, -0.05) is 12.1 Å². The van der Waals surface area contributed by atoms with E-state index in [1.807, 2.05) is 38.1 Å². The summed E-state index contributed by atoms with van der Waals surface area (Å²) in [6.07, 6.45) is 1.70. The molecule has 0 spiro atoms. The second-order valence-electron chi connectivity index (χ2n) is 4.82. The second-order valence-corrected chi connectivity index (χ2v) is 4.82. The molecule has 0 bridgehead atoms. The summed E-state index contributed by atoms with van der Waals surface area (Å²) >= 11 is 0. The molecule has 1 amide bonds. The third-order valence-electron chi connectivity index (χ3n) is 3.40. The fourth-order valence-corrected chi connectivity index (χ4v) is 2.11. The number of likely N-dealkylation sites (N-methyl/N-ethyl adjacent to an activating group) is 1. The number of rotatable bonds is 4. The zero-order valence-electron chi connectivity index (χ0n) is 12.1. The number of aromatic nitrogens is 1. The molecule has 2 aromatic rings. The van der Waals surface area contributed by atoms with Crippen molar-refractivity contribution >= 4 is 28.2 Å². The van der Waals surface area contributed by atoms with Crippen LogP contribution in [-0.4, -0.2) is 35.4 Å². The van der Waals surface area contributed by atoms with E-state index in [0.717, 1.165) is 16.6 Å². The van der Waals surface area contributed by atoms with Gasteiger partial charge in [0.15, 0.2) is 0 Å². The van der Waals surface area contributed by atoms with E-state index < -0.39 is 0 Å². The number of nitrogens with two attached hydrogens (primary N) is 1. The number of hydrogen-bond donors (Lipinski definition) is 2. The molecule has 1 unspecified atom stereocenters. The number of fused-ring (bicyclic) bond motifs is 1. The van der Waals surface area contributed by atoms with Crippen LogP contribution in [0.15, 0.2) is 30.5 Å². The zero-order chi connectivity index (χ0) is 14.7. The van der Waals surface area contributed by atoms with Crippen LogP contribution in [0.2, 0.25) is 0 Å². The van der Waals surface area contributed by atoms with Gasteiger partial charge >= 0.3 is 0 Å². The molecule has 1 atom stereocenters. The van der Waals surface area contributed by atoms with Crippen LogP contribution in [0, 0.1) is 0 Å². The molecular weight excluding hydrogens is 252 g/mol. The van der Waals surface area contributed by atoms with Crippen LogP contribution >= 0.6 is 0 Å². The van der Waals surface area contributed by atoms with E-state index in [1.165, 1.54) is 0 Å². The van der Waals surface area contributed by atoms with E-state index >= 15 is 0 Å². The van der Waals surface area contributed by atoms with Crippen molar-refractivity contribution in [2.45, 2.75) is 19.9 Å². The summed E-state index contributed by atoms with van der Waals surface area (Å²) in [5.74, 6) is 0.0568. The molecule has 1 aromatic heterocycles.